The fraction of sp³-hybridized carbons (Fsp3) is 0.500. The number of anilines is 2. The molecular weight excluding hydrogens is 266 g/mol. The summed E-state index contributed by atoms with van der Waals surface area (Å²) in [6.45, 7) is 0.349. The second-order valence-corrected chi connectivity index (χ2v) is 6.47. The Morgan fingerprint density at radius 2 is 1.71 bits per heavy atom. The predicted molar refractivity (Wildman–Crippen MR) is 82.0 cm³/mol. The summed E-state index contributed by atoms with van der Waals surface area (Å²) >= 11 is 0. The predicted octanol–water partition coefficient (Wildman–Crippen LogP) is 1.93. The van der Waals surface area contributed by atoms with Crippen LogP contribution >= 0.6 is 0 Å². The van der Waals surface area contributed by atoms with Crippen molar-refractivity contribution < 1.29 is 9.59 Å². The summed E-state index contributed by atoms with van der Waals surface area (Å²) in [5, 5.41) is 5.77. The Balaban J connectivity index is 1.52. The number of hydrogen-bond acceptors (Lipinski definition) is 3. The Labute approximate surface area is 124 Å². The molecule has 0 saturated heterocycles. The van der Waals surface area contributed by atoms with E-state index >= 15 is 0 Å². The van der Waals surface area contributed by atoms with Crippen LogP contribution in [0.3, 0.4) is 0 Å². The van der Waals surface area contributed by atoms with E-state index in [0.29, 0.717) is 12.0 Å². The molecule has 1 atom stereocenters. The highest BCUT2D eigenvalue weighted by Crippen LogP contribution is 2.70. The van der Waals surface area contributed by atoms with E-state index in [1.165, 1.54) is 12.8 Å². The molecule has 0 bridgehead atoms. The van der Waals surface area contributed by atoms with Crippen molar-refractivity contribution in [2.45, 2.75) is 19.3 Å². The molecule has 0 radical (unpaired) electrons. The van der Waals surface area contributed by atoms with Crippen LogP contribution in [0.2, 0.25) is 0 Å². The van der Waals surface area contributed by atoms with Crippen LogP contribution in [0.25, 0.3) is 0 Å². The monoisotopic (exact) mass is 287 g/mol. The molecule has 2 N–H and O–H groups in total. The van der Waals surface area contributed by atoms with E-state index in [-0.39, 0.29) is 17.7 Å². The minimum absolute atomic E-state index is 0.0505. The number of rotatable bonds is 5. The summed E-state index contributed by atoms with van der Waals surface area (Å²) in [5.41, 5.74) is 1.91. The summed E-state index contributed by atoms with van der Waals surface area (Å²) in [5.74, 6) is 0.305. The molecule has 0 aliphatic heterocycles. The van der Waals surface area contributed by atoms with Crippen LogP contribution in [-0.4, -0.2) is 37.4 Å². The van der Waals surface area contributed by atoms with E-state index in [1.54, 1.807) is 0 Å². The first-order valence-corrected chi connectivity index (χ1v) is 7.34. The average Bonchev–Trinajstić information content (AvgIpc) is 3.31. The number of likely N-dealkylation sites (N-methyl/N-ethyl adjacent to an activating group) is 1. The van der Waals surface area contributed by atoms with Gasteiger partial charge in [0.05, 0.1) is 6.54 Å². The maximum Gasteiger partial charge on any atom is 0.238 e. The van der Waals surface area contributed by atoms with Gasteiger partial charge in [0.1, 0.15) is 0 Å². The van der Waals surface area contributed by atoms with E-state index in [9.17, 15) is 9.59 Å². The normalized spacial score (nSPS) is 21.2. The Morgan fingerprint density at radius 3 is 2.19 bits per heavy atom. The second-order valence-electron chi connectivity index (χ2n) is 6.47. The topological polar surface area (TPSA) is 61.4 Å². The van der Waals surface area contributed by atoms with Crippen LogP contribution in [0, 0.1) is 11.3 Å². The molecule has 2 fully saturated rings. The van der Waals surface area contributed by atoms with E-state index in [1.807, 2.05) is 43.3 Å². The molecule has 1 aromatic carbocycles. The molecule has 5 heteroatoms. The lowest BCUT2D eigenvalue weighted by Gasteiger charge is -2.11. The van der Waals surface area contributed by atoms with Gasteiger partial charge in [0, 0.05) is 17.3 Å². The van der Waals surface area contributed by atoms with E-state index in [2.05, 4.69) is 10.6 Å². The highest BCUT2D eigenvalue weighted by molar-refractivity contribution is 5.96. The number of carbonyl (C=O) groups is 2. The molecule has 2 amide bonds. The van der Waals surface area contributed by atoms with Gasteiger partial charge in [-0.15, -0.1) is 0 Å². The molecule has 0 heterocycles. The van der Waals surface area contributed by atoms with Crippen molar-refractivity contribution in [2.75, 3.05) is 31.3 Å². The van der Waals surface area contributed by atoms with Crippen LogP contribution in [-0.2, 0) is 9.59 Å². The molecule has 3 rings (SSSR count). The van der Waals surface area contributed by atoms with E-state index < -0.39 is 0 Å². The van der Waals surface area contributed by atoms with Gasteiger partial charge in [-0.1, -0.05) is 0 Å². The minimum atomic E-state index is -0.0505. The fourth-order valence-corrected chi connectivity index (χ4v) is 2.79. The van der Waals surface area contributed by atoms with E-state index in [0.717, 1.165) is 17.8 Å². The lowest BCUT2D eigenvalue weighted by molar-refractivity contribution is -0.118. The Morgan fingerprint density at radius 1 is 1.14 bits per heavy atom. The first kappa shape index (κ1) is 14.1. The van der Waals surface area contributed by atoms with Crippen molar-refractivity contribution in [1.82, 2.24) is 4.90 Å². The largest absolute Gasteiger partial charge is 0.326 e. The molecular formula is C16H21N3O2. The molecule has 112 valence electrons. The van der Waals surface area contributed by atoms with Crippen molar-refractivity contribution in [3.63, 3.8) is 0 Å². The molecule has 5 nitrogen and oxygen atoms in total. The molecule has 1 spiro atoms. The highest BCUT2D eigenvalue weighted by Gasteiger charge is 2.65. The zero-order valence-corrected chi connectivity index (χ0v) is 12.5. The number of nitrogens with one attached hydrogen (secondary N) is 2. The molecule has 1 aromatic rings. The van der Waals surface area contributed by atoms with Crippen molar-refractivity contribution >= 4 is 23.2 Å². The molecule has 21 heavy (non-hydrogen) atoms. The summed E-state index contributed by atoms with van der Waals surface area (Å²) in [7, 11) is 3.70. The maximum absolute atomic E-state index is 12.0. The second kappa shape index (κ2) is 5.15. The van der Waals surface area contributed by atoms with Gasteiger partial charge in [-0.25, -0.2) is 0 Å². The van der Waals surface area contributed by atoms with Crippen molar-refractivity contribution in [3.8, 4) is 0 Å². The zero-order valence-electron chi connectivity index (χ0n) is 12.5. The molecule has 2 saturated carbocycles. The van der Waals surface area contributed by atoms with Crippen LogP contribution in [0.4, 0.5) is 11.4 Å². The number of hydrogen-bond donors (Lipinski definition) is 2. The zero-order chi connectivity index (χ0) is 15.0. The van der Waals surface area contributed by atoms with Gasteiger partial charge < -0.3 is 15.5 Å². The van der Waals surface area contributed by atoms with Gasteiger partial charge in [-0.05, 0) is 63.0 Å². The van der Waals surface area contributed by atoms with E-state index in [4.69, 9.17) is 0 Å². The van der Waals surface area contributed by atoms with Gasteiger partial charge in [0.25, 0.3) is 0 Å². The third kappa shape index (κ3) is 3.24. The Kier molecular flexibility index (Phi) is 3.45. The first-order valence-electron chi connectivity index (χ1n) is 7.34. The summed E-state index contributed by atoms with van der Waals surface area (Å²) in [4.78, 5) is 25.5. The summed E-state index contributed by atoms with van der Waals surface area (Å²) in [6.07, 6.45) is 3.47. The Bertz CT molecular complexity index is 561. The maximum atomic E-state index is 12.0. The number of amides is 2. The third-order valence-electron chi connectivity index (χ3n) is 4.29. The number of carbonyl (C=O) groups excluding carboxylic acids is 2. The number of nitrogens with zero attached hydrogens (tertiary/aromatic N) is 1. The number of benzene rings is 1. The summed E-state index contributed by atoms with van der Waals surface area (Å²) < 4.78 is 0. The quantitative estimate of drug-likeness (QED) is 0.870. The minimum Gasteiger partial charge on any atom is -0.326 e. The third-order valence-corrected chi connectivity index (χ3v) is 4.29. The first-order chi connectivity index (χ1) is 9.98. The van der Waals surface area contributed by atoms with Crippen LogP contribution in [0.1, 0.15) is 19.3 Å². The SMILES string of the molecule is CN(C)CC(=O)Nc1ccc(NC(=O)C2CC23CC3)cc1. The molecule has 1 unspecified atom stereocenters. The Hall–Kier alpha value is -1.88. The van der Waals surface area contributed by atoms with Gasteiger partial charge in [0.15, 0.2) is 0 Å². The van der Waals surface area contributed by atoms with Crippen LogP contribution < -0.4 is 10.6 Å². The molecule has 2 aliphatic rings. The average molecular weight is 287 g/mol. The van der Waals surface area contributed by atoms with Crippen molar-refractivity contribution in [2.24, 2.45) is 11.3 Å². The fourth-order valence-electron chi connectivity index (χ4n) is 2.79. The lowest BCUT2D eigenvalue weighted by Crippen LogP contribution is -2.27. The van der Waals surface area contributed by atoms with Crippen molar-refractivity contribution in [3.05, 3.63) is 24.3 Å². The van der Waals surface area contributed by atoms with Crippen LogP contribution in [0.15, 0.2) is 24.3 Å². The van der Waals surface area contributed by atoms with Crippen LogP contribution in [0.5, 0.6) is 0 Å². The van der Waals surface area contributed by atoms with Gasteiger partial charge in [-0.3, -0.25) is 9.59 Å². The summed E-state index contributed by atoms with van der Waals surface area (Å²) in [6, 6.07) is 7.27. The standard InChI is InChI=1S/C16H21N3O2/c1-19(2)10-14(20)17-11-3-5-12(6-4-11)18-15(21)13-9-16(13)7-8-16/h3-6,13H,7-10H2,1-2H3,(H,17,20)(H,18,21). The highest BCUT2D eigenvalue weighted by atomic mass is 16.2. The molecule has 0 aromatic heterocycles. The molecule has 2 aliphatic carbocycles. The lowest BCUT2D eigenvalue weighted by atomic mass is 10.2. The van der Waals surface area contributed by atoms with Gasteiger partial charge in [-0.2, -0.15) is 0 Å². The smallest absolute Gasteiger partial charge is 0.238 e. The van der Waals surface area contributed by atoms with Gasteiger partial charge in [0.2, 0.25) is 11.8 Å². The van der Waals surface area contributed by atoms with Crippen molar-refractivity contribution in [1.29, 1.82) is 0 Å². The van der Waals surface area contributed by atoms with Gasteiger partial charge >= 0.3 is 0 Å².